The summed E-state index contributed by atoms with van der Waals surface area (Å²) in [5.41, 5.74) is 2.49. The van der Waals surface area contributed by atoms with Gasteiger partial charge in [0.2, 0.25) is 5.95 Å². The van der Waals surface area contributed by atoms with Crippen molar-refractivity contribution in [2.75, 3.05) is 71.2 Å². The summed E-state index contributed by atoms with van der Waals surface area (Å²) in [6.07, 6.45) is 0.0834. The van der Waals surface area contributed by atoms with Crippen LogP contribution in [0.3, 0.4) is 0 Å². The molecule has 1 amide bonds. The number of piperazine rings is 1. The fraction of sp³-hybridized carbons (Fsp3) is 0.541. The Morgan fingerprint density at radius 2 is 1.62 bits per heavy atom. The lowest BCUT2D eigenvalue weighted by Crippen LogP contribution is -2.49. The van der Waals surface area contributed by atoms with Crippen LogP contribution in [-0.4, -0.2) is 97.2 Å². The highest BCUT2D eigenvalue weighted by Crippen LogP contribution is 2.52. The number of anilines is 4. The number of ether oxygens (including phenoxy) is 1. The zero-order valence-corrected chi connectivity index (χ0v) is 31.9. The number of alkyl halides is 3. The number of halogens is 3. The van der Waals surface area contributed by atoms with E-state index in [9.17, 15) is 22.5 Å². The van der Waals surface area contributed by atoms with Crippen molar-refractivity contribution in [3.05, 3.63) is 64.3 Å². The number of hydrogen-bond donors (Lipinski definition) is 2. The average Bonchev–Trinajstić information content (AvgIpc) is 3.43. The van der Waals surface area contributed by atoms with Gasteiger partial charge in [-0.15, -0.1) is 0 Å². The first kappa shape index (κ1) is 39.0. The first-order valence-electron chi connectivity index (χ1n) is 18.2. The summed E-state index contributed by atoms with van der Waals surface area (Å²) in [5.74, 6) is -0.285. The normalized spacial score (nSPS) is 20.1. The van der Waals surface area contributed by atoms with E-state index >= 15 is 0 Å². The third-order valence-corrected chi connectivity index (χ3v) is 12.4. The summed E-state index contributed by atoms with van der Waals surface area (Å²) in [6, 6.07) is 9.18. The van der Waals surface area contributed by atoms with E-state index in [1.165, 1.54) is 7.11 Å². The van der Waals surface area contributed by atoms with Gasteiger partial charge < -0.3 is 34.2 Å². The zero-order valence-electron chi connectivity index (χ0n) is 31.0. The summed E-state index contributed by atoms with van der Waals surface area (Å²) in [7, 11) is 1.91. The number of fused-ring (bicyclic) bond motifs is 1. The van der Waals surface area contributed by atoms with Crippen molar-refractivity contribution >= 4 is 36.6 Å². The Hall–Kier alpha value is -3.75. The predicted octanol–water partition coefficient (Wildman–Crippen LogP) is 7.62. The molecule has 3 aliphatic rings. The molecule has 6 rings (SSSR count). The number of amides is 1. The highest BCUT2D eigenvalue weighted by molar-refractivity contribution is 7.53. The van der Waals surface area contributed by atoms with Crippen LogP contribution in [0.15, 0.2) is 36.5 Å². The second-order valence-corrected chi connectivity index (χ2v) is 16.0. The van der Waals surface area contributed by atoms with Crippen molar-refractivity contribution in [2.45, 2.75) is 70.4 Å². The first-order valence-corrected chi connectivity index (χ1v) is 19.9. The molecule has 53 heavy (non-hydrogen) atoms. The molecule has 3 heterocycles. The Bertz CT molecular complexity index is 1820. The van der Waals surface area contributed by atoms with E-state index in [2.05, 4.69) is 37.4 Å². The Morgan fingerprint density at radius 3 is 2.26 bits per heavy atom. The number of nitrogens with zero attached hydrogens (tertiary/aromatic N) is 5. The molecule has 0 unspecified atom stereocenters. The van der Waals surface area contributed by atoms with Crippen LogP contribution in [0.1, 0.15) is 78.1 Å². The highest BCUT2D eigenvalue weighted by Gasteiger charge is 2.38. The minimum atomic E-state index is -4.78. The summed E-state index contributed by atoms with van der Waals surface area (Å²) >= 11 is 0. The molecule has 2 fully saturated rings. The van der Waals surface area contributed by atoms with E-state index in [0.717, 1.165) is 63.0 Å². The first-order chi connectivity index (χ1) is 25.3. The maximum atomic E-state index is 14.3. The monoisotopic (exact) mass is 759 g/mol. The second-order valence-electron chi connectivity index (χ2n) is 13.9. The Balaban J connectivity index is 1.25. The van der Waals surface area contributed by atoms with Gasteiger partial charge in [0.1, 0.15) is 17.1 Å². The topological polar surface area (TPSA) is 121 Å². The van der Waals surface area contributed by atoms with Crippen molar-refractivity contribution in [3.63, 3.8) is 0 Å². The molecule has 0 bridgehead atoms. The number of likely N-dealkylation sites (N-methyl/N-ethyl adjacent to an activating group) is 1. The molecule has 12 nitrogen and oxygen atoms in total. The van der Waals surface area contributed by atoms with Crippen molar-refractivity contribution in [1.29, 1.82) is 0 Å². The van der Waals surface area contributed by atoms with Crippen LogP contribution in [0.2, 0.25) is 0 Å². The van der Waals surface area contributed by atoms with Gasteiger partial charge in [-0.3, -0.25) is 14.3 Å². The summed E-state index contributed by atoms with van der Waals surface area (Å²) < 4.78 is 72.5. The maximum Gasteiger partial charge on any atom is 0.421 e. The third kappa shape index (κ3) is 8.81. The molecule has 1 saturated carbocycles. The molecule has 0 radical (unpaired) electrons. The lowest BCUT2D eigenvalue weighted by molar-refractivity contribution is -0.137. The molecule has 3 aromatic rings. The van der Waals surface area contributed by atoms with E-state index < -0.39 is 25.2 Å². The zero-order chi connectivity index (χ0) is 37.9. The smallest absolute Gasteiger partial charge is 0.421 e. The largest absolute Gasteiger partial charge is 0.495 e. The Morgan fingerprint density at radius 1 is 0.943 bits per heavy atom. The Labute approximate surface area is 308 Å². The number of nitrogens with one attached hydrogen (secondary N) is 2. The van der Waals surface area contributed by atoms with Crippen LogP contribution in [-0.2, 0) is 32.5 Å². The van der Waals surface area contributed by atoms with Gasteiger partial charge in [-0.05, 0) is 87.4 Å². The van der Waals surface area contributed by atoms with Gasteiger partial charge >= 0.3 is 13.8 Å². The molecule has 288 valence electrons. The Kier molecular flexibility index (Phi) is 12.0. The minimum absolute atomic E-state index is 0.00502. The fourth-order valence-corrected chi connectivity index (χ4v) is 9.37. The van der Waals surface area contributed by atoms with Crippen LogP contribution >= 0.6 is 7.60 Å². The molecule has 2 aromatic carbocycles. The van der Waals surface area contributed by atoms with Crippen LogP contribution in [0.5, 0.6) is 5.75 Å². The number of rotatable bonds is 13. The number of hydrogen-bond acceptors (Lipinski definition) is 11. The molecule has 1 aromatic heterocycles. The van der Waals surface area contributed by atoms with E-state index in [-0.39, 0.29) is 42.8 Å². The standard InChI is InChI=1S/C37H49F3N7O5P/c1-6-51-53(49,52-7-2)23-24-8-14-30(32(20-24)50-5)43-36-41-21-29(37(38,39)40)34(44-36)42-31-15-13-27(28-22-46(4)35(48)33(28)31)25-9-11-26(12-10-25)47-18-16-45(3)17-19-47/h8,13-15,20-21,25-26H,6-7,9-12,16-19,22-23H2,1-5H3,(H2,41,42,43,44)/t25-,26-. The molecule has 2 aliphatic heterocycles. The lowest BCUT2D eigenvalue weighted by Gasteiger charge is -2.41. The van der Waals surface area contributed by atoms with Crippen molar-refractivity contribution in [2.24, 2.45) is 0 Å². The molecule has 16 heteroatoms. The third-order valence-electron chi connectivity index (χ3n) is 10.4. The molecule has 2 N–H and O–H groups in total. The van der Waals surface area contributed by atoms with Gasteiger partial charge in [0.25, 0.3) is 5.91 Å². The second kappa shape index (κ2) is 16.3. The molecular formula is C37H49F3N7O5P. The number of carbonyl (C=O) groups is 1. The van der Waals surface area contributed by atoms with E-state index in [4.69, 9.17) is 13.8 Å². The van der Waals surface area contributed by atoms with Gasteiger partial charge in [0, 0.05) is 52.0 Å². The van der Waals surface area contributed by atoms with Crippen molar-refractivity contribution < 1.29 is 36.3 Å². The van der Waals surface area contributed by atoms with Crippen LogP contribution in [0, 0.1) is 0 Å². The van der Waals surface area contributed by atoms with Gasteiger partial charge in [0.05, 0.1) is 43.4 Å². The molecule has 0 spiro atoms. The number of methoxy groups -OCH3 is 1. The van der Waals surface area contributed by atoms with E-state index in [1.54, 1.807) is 50.1 Å². The van der Waals surface area contributed by atoms with Crippen LogP contribution in [0.25, 0.3) is 0 Å². The summed E-state index contributed by atoms with van der Waals surface area (Å²) in [4.78, 5) is 28.3. The predicted molar refractivity (Wildman–Crippen MR) is 197 cm³/mol. The van der Waals surface area contributed by atoms with E-state index in [1.807, 2.05) is 6.07 Å². The SMILES string of the molecule is CCOP(=O)(Cc1ccc(Nc2ncc(C(F)(F)F)c(Nc3ccc([C@H]4CC[C@H](N5CCN(C)CC5)CC4)c4c3C(=O)N(C)C4)n2)c(OC)c1)OCC. The van der Waals surface area contributed by atoms with Crippen LogP contribution < -0.4 is 15.4 Å². The van der Waals surface area contributed by atoms with Gasteiger partial charge in [-0.1, -0.05) is 12.1 Å². The van der Waals surface area contributed by atoms with Crippen LogP contribution in [0.4, 0.5) is 36.3 Å². The van der Waals surface area contributed by atoms with Crippen molar-refractivity contribution in [1.82, 2.24) is 24.7 Å². The minimum Gasteiger partial charge on any atom is -0.495 e. The lowest BCUT2D eigenvalue weighted by atomic mass is 9.78. The summed E-state index contributed by atoms with van der Waals surface area (Å²) in [6.45, 7) is 8.58. The average molecular weight is 760 g/mol. The fourth-order valence-electron chi connectivity index (χ4n) is 7.68. The van der Waals surface area contributed by atoms with Gasteiger partial charge in [0.15, 0.2) is 0 Å². The molecule has 0 atom stereocenters. The van der Waals surface area contributed by atoms with Crippen molar-refractivity contribution in [3.8, 4) is 5.75 Å². The highest BCUT2D eigenvalue weighted by atomic mass is 31.2. The maximum absolute atomic E-state index is 14.3. The molecular weight excluding hydrogens is 710 g/mol. The molecule has 1 aliphatic carbocycles. The van der Waals surface area contributed by atoms with Gasteiger partial charge in [-0.2, -0.15) is 18.2 Å². The number of carbonyl (C=O) groups excluding carboxylic acids is 1. The quantitative estimate of drug-likeness (QED) is 0.168. The molecule has 1 saturated heterocycles. The van der Waals surface area contributed by atoms with Gasteiger partial charge in [-0.25, -0.2) is 4.98 Å². The number of aromatic nitrogens is 2. The summed E-state index contributed by atoms with van der Waals surface area (Å²) in [5, 5.41) is 5.82. The van der Waals surface area contributed by atoms with E-state index in [0.29, 0.717) is 41.3 Å². The number of benzene rings is 2.